The van der Waals surface area contributed by atoms with E-state index in [1.807, 2.05) is 13.0 Å². The molecule has 1 heterocycles. The fraction of sp³-hybridized carbons (Fsp3) is 0.533. The molecule has 0 saturated heterocycles. The van der Waals surface area contributed by atoms with Gasteiger partial charge in [0, 0.05) is 0 Å². The van der Waals surface area contributed by atoms with Gasteiger partial charge in [-0.25, -0.2) is 0 Å². The van der Waals surface area contributed by atoms with E-state index >= 15 is 0 Å². The van der Waals surface area contributed by atoms with E-state index in [1.165, 1.54) is 0 Å². The summed E-state index contributed by atoms with van der Waals surface area (Å²) < 4.78 is 11.1. The molecule has 1 N–H and O–H groups in total. The zero-order valence-corrected chi connectivity index (χ0v) is 12.7. The van der Waals surface area contributed by atoms with E-state index in [9.17, 15) is 9.90 Å². The van der Waals surface area contributed by atoms with Crippen LogP contribution < -0.4 is 9.47 Å². The summed E-state index contributed by atoms with van der Waals surface area (Å²) in [4.78, 5) is 11.3. The Morgan fingerprint density at radius 1 is 1.40 bits per heavy atom. The molecule has 0 unspecified atom stereocenters. The first-order valence-corrected chi connectivity index (χ1v) is 7.08. The van der Waals surface area contributed by atoms with Crippen molar-refractivity contribution in [1.29, 1.82) is 0 Å². The molecular weight excluding hydrogens is 280 g/mol. The number of ether oxygens (including phenoxy) is 2. The molecule has 2 rings (SSSR count). The Morgan fingerprint density at radius 3 is 2.65 bits per heavy atom. The number of carboxylic acids is 1. The third-order valence-electron chi connectivity index (χ3n) is 3.53. The minimum absolute atomic E-state index is 0.405. The summed E-state index contributed by atoms with van der Waals surface area (Å²) in [5.41, 5.74) is 0.996. The van der Waals surface area contributed by atoms with E-state index in [0.29, 0.717) is 36.2 Å². The first-order chi connectivity index (χ1) is 9.36. The maximum atomic E-state index is 11.3. The Morgan fingerprint density at radius 2 is 2.05 bits per heavy atom. The number of carbonyl (C=O) groups is 1. The summed E-state index contributed by atoms with van der Waals surface area (Å²) in [5.74, 6) is 0.354. The highest BCUT2D eigenvalue weighted by Gasteiger charge is 2.30. The van der Waals surface area contributed by atoms with E-state index in [1.54, 1.807) is 13.8 Å². The quantitative estimate of drug-likeness (QED) is 0.926. The zero-order valence-electron chi connectivity index (χ0n) is 12.0. The molecule has 0 aliphatic carbocycles. The number of hydrogen-bond donors (Lipinski definition) is 1. The lowest BCUT2D eigenvalue weighted by Crippen LogP contribution is -2.27. The van der Waals surface area contributed by atoms with E-state index in [2.05, 4.69) is 0 Å². The molecule has 110 valence electrons. The van der Waals surface area contributed by atoms with E-state index in [-0.39, 0.29) is 0 Å². The number of fused-ring (bicyclic) bond motifs is 1. The molecular formula is C15H19ClO4. The monoisotopic (exact) mass is 298 g/mol. The molecule has 0 atom stereocenters. The molecule has 20 heavy (non-hydrogen) atoms. The minimum Gasteiger partial charge on any atom is -0.486 e. The number of halogens is 1. The molecule has 0 amide bonds. The van der Waals surface area contributed by atoms with Gasteiger partial charge in [-0.05, 0) is 43.9 Å². The predicted molar refractivity (Wildman–Crippen MR) is 76.9 cm³/mol. The standard InChI is InChI=1S/C15H19ClO4/c1-4-10-9(8-15(2,3)14(17)18)7-11-13(12(10)16)20-6-5-19-11/h7H,4-6,8H2,1-3H3,(H,17,18). The van der Waals surface area contributed by atoms with Crippen LogP contribution in [0.5, 0.6) is 11.5 Å². The Labute approximate surface area is 123 Å². The second-order valence-electron chi connectivity index (χ2n) is 5.57. The Bertz CT molecular complexity index is 537. The second kappa shape index (κ2) is 5.52. The Kier molecular flexibility index (Phi) is 4.14. The van der Waals surface area contributed by atoms with Crippen LogP contribution in [0.15, 0.2) is 6.07 Å². The van der Waals surface area contributed by atoms with Crippen molar-refractivity contribution in [2.75, 3.05) is 13.2 Å². The van der Waals surface area contributed by atoms with Crippen LogP contribution in [0.1, 0.15) is 31.9 Å². The Hall–Kier alpha value is -1.42. The van der Waals surface area contributed by atoms with Gasteiger partial charge in [-0.1, -0.05) is 18.5 Å². The van der Waals surface area contributed by atoms with Gasteiger partial charge in [0.05, 0.1) is 10.4 Å². The molecule has 0 spiro atoms. The van der Waals surface area contributed by atoms with Gasteiger partial charge < -0.3 is 14.6 Å². The van der Waals surface area contributed by atoms with Crippen molar-refractivity contribution in [2.45, 2.75) is 33.6 Å². The van der Waals surface area contributed by atoms with E-state index < -0.39 is 11.4 Å². The van der Waals surface area contributed by atoms with Crippen LogP contribution in [0, 0.1) is 5.41 Å². The number of carboxylic acid groups (broad SMARTS) is 1. The summed E-state index contributed by atoms with van der Waals surface area (Å²) in [5, 5.41) is 9.83. The fourth-order valence-electron chi connectivity index (χ4n) is 2.33. The highest BCUT2D eigenvalue weighted by Crippen LogP contribution is 2.43. The molecule has 0 aromatic heterocycles. The third kappa shape index (κ3) is 2.70. The Balaban J connectivity index is 2.47. The first kappa shape index (κ1) is 15.0. The molecule has 1 aliphatic heterocycles. The second-order valence-corrected chi connectivity index (χ2v) is 5.95. The van der Waals surface area contributed by atoms with Crippen molar-refractivity contribution < 1.29 is 19.4 Å². The molecule has 0 fully saturated rings. The van der Waals surface area contributed by atoms with Crippen LogP contribution in [0.2, 0.25) is 5.02 Å². The molecule has 1 aromatic rings. The van der Waals surface area contributed by atoms with E-state index in [4.69, 9.17) is 21.1 Å². The van der Waals surface area contributed by atoms with Gasteiger partial charge in [0.15, 0.2) is 11.5 Å². The highest BCUT2D eigenvalue weighted by atomic mass is 35.5. The number of benzene rings is 1. The number of hydrogen-bond acceptors (Lipinski definition) is 3. The molecule has 1 aliphatic rings. The van der Waals surface area contributed by atoms with Crippen molar-refractivity contribution in [1.82, 2.24) is 0 Å². The van der Waals surface area contributed by atoms with Crippen LogP contribution in [0.3, 0.4) is 0 Å². The lowest BCUT2D eigenvalue weighted by molar-refractivity contribution is -0.146. The highest BCUT2D eigenvalue weighted by molar-refractivity contribution is 6.33. The zero-order chi connectivity index (χ0) is 14.9. The summed E-state index contributed by atoms with van der Waals surface area (Å²) in [7, 11) is 0. The van der Waals surface area contributed by atoms with Gasteiger partial charge in [-0.3, -0.25) is 4.79 Å². The van der Waals surface area contributed by atoms with Gasteiger partial charge in [0.1, 0.15) is 13.2 Å². The molecule has 0 bridgehead atoms. The van der Waals surface area contributed by atoms with Crippen molar-refractivity contribution in [3.05, 3.63) is 22.2 Å². The molecule has 0 radical (unpaired) electrons. The summed E-state index contributed by atoms with van der Waals surface area (Å²) in [6.45, 7) is 6.37. The summed E-state index contributed by atoms with van der Waals surface area (Å²) in [6.07, 6.45) is 1.13. The summed E-state index contributed by atoms with van der Waals surface area (Å²) >= 11 is 6.39. The fourth-order valence-corrected chi connectivity index (χ4v) is 2.73. The van der Waals surface area contributed by atoms with Gasteiger partial charge in [0.25, 0.3) is 0 Å². The van der Waals surface area contributed by atoms with Crippen LogP contribution in [0.25, 0.3) is 0 Å². The summed E-state index contributed by atoms with van der Waals surface area (Å²) in [6, 6.07) is 1.86. The largest absolute Gasteiger partial charge is 0.486 e. The lowest BCUT2D eigenvalue weighted by Gasteiger charge is -2.25. The third-order valence-corrected chi connectivity index (χ3v) is 3.93. The minimum atomic E-state index is -0.850. The van der Waals surface area contributed by atoms with Gasteiger partial charge in [0.2, 0.25) is 0 Å². The molecule has 0 saturated carbocycles. The number of rotatable bonds is 4. The van der Waals surface area contributed by atoms with Crippen molar-refractivity contribution in [3.63, 3.8) is 0 Å². The van der Waals surface area contributed by atoms with Gasteiger partial charge >= 0.3 is 5.97 Å². The van der Waals surface area contributed by atoms with Crippen molar-refractivity contribution in [2.24, 2.45) is 5.41 Å². The van der Waals surface area contributed by atoms with Crippen LogP contribution in [-0.4, -0.2) is 24.3 Å². The number of aliphatic carboxylic acids is 1. The average Bonchev–Trinajstić information content (AvgIpc) is 2.38. The molecule has 1 aromatic carbocycles. The molecule has 4 nitrogen and oxygen atoms in total. The SMILES string of the molecule is CCc1c(CC(C)(C)C(=O)O)cc2c(c1Cl)OCCO2. The topological polar surface area (TPSA) is 55.8 Å². The van der Waals surface area contributed by atoms with Crippen LogP contribution >= 0.6 is 11.6 Å². The smallest absolute Gasteiger partial charge is 0.309 e. The van der Waals surface area contributed by atoms with Crippen molar-refractivity contribution >= 4 is 17.6 Å². The maximum Gasteiger partial charge on any atom is 0.309 e. The van der Waals surface area contributed by atoms with Crippen molar-refractivity contribution in [3.8, 4) is 11.5 Å². The normalized spacial score (nSPS) is 14.2. The van der Waals surface area contributed by atoms with Crippen LogP contribution in [0.4, 0.5) is 0 Å². The average molecular weight is 299 g/mol. The molecule has 5 heteroatoms. The lowest BCUT2D eigenvalue weighted by atomic mass is 9.83. The van der Waals surface area contributed by atoms with Crippen LogP contribution in [-0.2, 0) is 17.6 Å². The van der Waals surface area contributed by atoms with Gasteiger partial charge in [-0.2, -0.15) is 0 Å². The first-order valence-electron chi connectivity index (χ1n) is 6.70. The predicted octanol–water partition coefficient (Wildman–Crippen LogP) is 3.33. The van der Waals surface area contributed by atoms with E-state index in [0.717, 1.165) is 17.5 Å². The van der Waals surface area contributed by atoms with Gasteiger partial charge in [-0.15, -0.1) is 0 Å². The maximum absolute atomic E-state index is 11.3.